The number of carbonyl (C=O) groups is 2. The zero-order valence-electron chi connectivity index (χ0n) is 21.9. The summed E-state index contributed by atoms with van der Waals surface area (Å²) in [5.74, 6) is -0.360. The molecule has 7 nitrogen and oxygen atoms in total. The van der Waals surface area contributed by atoms with Crippen molar-refractivity contribution in [2.45, 2.75) is 66.0 Å². The van der Waals surface area contributed by atoms with Crippen LogP contribution >= 0.6 is 11.6 Å². The van der Waals surface area contributed by atoms with Crippen LogP contribution in [-0.2, 0) is 26.2 Å². The highest BCUT2D eigenvalue weighted by atomic mass is 35.5. The molecule has 0 bridgehead atoms. The molecule has 0 saturated heterocycles. The summed E-state index contributed by atoms with van der Waals surface area (Å²) < 4.78 is 26.4. The quantitative estimate of drug-likeness (QED) is 0.398. The highest BCUT2D eigenvalue weighted by Gasteiger charge is 2.29. The zero-order chi connectivity index (χ0) is 26.9. The third kappa shape index (κ3) is 7.96. The van der Waals surface area contributed by atoms with E-state index in [4.69, 9.17) is 11.6 Å². The maximum absolute atomic E-state index is 13.5. The molecule has 36 heavy (non-hydrogen) atoms. The second-order valence-corrected chi connectivity index (χ2v) is 11.3. The largest absolute Gasteiger partial charge is 0.354 e. The van der Waals surface area contributed by atoms with E-state index in [2.05, 4.69) is 5.32 Å². The van der Waals surface area contributed by atoms with Crippen molar-refractivity contribution >= 4 is 39.1 Å². The van der Waals surface area contributed by atoms with Gasteiger partial charge in [0.25, 0.3) is 0 Å². The number of carbonyl (C=O) groups excluding carboxylic acids is 2. The molecule has 0 saturated carbocycles. The molecule has 1 N–H and O–H groups in total. The van der Waals surface area contributed by atoms with Crippen molar-refractivity contribution in [2.75, 3.05) is 23.7 Å². The van der Waals surface area contributed by atoms with Gasteiger partial charge < -0.3 is 10.2 Å². The van der Waals surface area contributed by atoms with Crippen LogP contribution in [0.4, 0.5) is 5.69 Å². The normalized spacial score (nSPS) is 12.2. The van der Waals surface area contributed by atoms with E-state index in [9.17, 15) is 18.0 Å². The van der Waals surface area contributed by atoms with Crippen LogP contribution in [0.25, 0.3) is 0 Å². The Bertz CT molecular complexity index is 1150. The molecule has 2 aromatic carbocycles. The van der Waals surface area contributed by atoms with Gasteiger partial charge in [-0.1, -0.05) is 55.8 Å². The van der Waals surface area contributed by atoms with E-state index in [1.165, 1.54) is 4.31 Å². The van der Waals surface area contributed by atoms with Crippen LogP contribution in [0.15, 0.2) is 42.5 Å². The molecule has 0 aromatic heterocycles. The Labute approximate surface area is 220 Å². The first kappa shape index (κ1) is 29.6. The molecule has 2 rings (SSSR count). The summed E-state index contributed by atoms with van der Waals surface area (Å²) in [5, 5.41) is 3.39. The summed E-state index contributed by atoms with van der Waals surface area (Å²) in [6, 6.07) is 12.3. The standard InChI is InChI=1S/C27H38ClN3O4S/c1-6-17-29-27(33)24(7-2)30(19-22-13-9-8-12-20(22)3)26(32)16-11-18-31(36(5,34)35)25-15-10-14-23(28)21(25)4/h8-10,12-15,24H,6-7,11,16-19H2,1-5H3,(H,29,33)/t24-/m0/s1. The Morgan fingerprint density at radius 2 is 1.75 bits per heavy atom. The molecule has 0 aliphatic heterocycles. The lowest BCUT2D eigenvalue weighted by Crippen LogP contribution is -2.49. The first-order valence-corrected chi connectivity index (χ1v) is 14.6. The van der Waals surface area contributed by atoms with Gasteiger partial charge in [-0.15, -0.1) is 0 Å². The molecule has 1 atom stereocenters. The Morgan fingerprint density at radius 3 is 2.36 bits per heavy atom. The number of rotatable bonds is 13. The fraction of sp³-hybridized carbons (Fsp3) is 0.481. The van der Waals surface area contributed by atoms with Gasteiger partial charge in [-0.2, -0.15) is 0 Å². The van der Waals surface area contributed by atoms with Gasteiger partial charge in [-0.05, 0) is 61.9 Å². The first-order valence-electron chi connectivity index (χ1n) is 12.4. The molecule has 198 valence electrons. The summed E-state index contributed by atoms with van der Waals surface area (Å²) in [6.45, 7) is 8.60. The van der Waals surface area contributed by atoms with Gasteiger partial charge in [0.2, 0.25) is 21.8 Å². The lowest BCUT2D eigenvalue weighted by molar-refractivity contribution is -0.141. The summed E-state index contributed by atoms with van der Waals surface area (Å²) in [6.07, 6.45) is 2.83. The van der Waals surface area contributed by atoms with Gasteiger partial charge in [-0.25, -0.2) is 8.42 Å². The van der Waals surface area contributed by atoms with E-state index in [-0.39, 0.29) is 24.8 Å². The smallest absolute Gasteiger partial charge is 0.242 e. The maximum atomic E-state index is 13.5. The van der Waals surface area contributed by atoms with Gasteiger partial charge >= 0.3 is 0 Å². The van der Waals surface area contributed by atoms with Crippen LogP contribution in [0, 0.1) is 13.8 Å². The van der Waals surface area contributed by atoms with Gasteiger partial charge in [0, 0.05) is 31.1 Å². The third-order valence-corrected chi connectivity index (χ3v) is 7.79. The van der Waals surface area contributed by atoms with Gasteiger partial charge in [0.1, 0.15) is 6.04 Å². The molecule has 0 aliphatic rings. The Balaban J connectivity index is 2.25. The van der Waals surface area contributed by atoms with Crippen molar-refractivity contribution in [1.29, 1.82) is 0 Å². The molecular weight excluding hydrogens is 498 g/mol. The molecule has 0 fully saturated rings. The van der Waals surface area contributed by atoms with Crippen LogP contribution in [0.1, 0.15) is 56.2 Å². The van der Waals surface area contributed by atoms with Gasteiger partial charge in [-0.3, -0.25) is 13.9 Å². The second kappa shape index (κ2) is 13.7. The minimum atomic E-state index is -3.59. The van der Waals surface area contributed by atoms with Crippen molar-refractivity contribution in [2.24, 2.45) is 0 Å². The van der Waals surface area contributed by atoms with E-state index >= 15 is 0 Å². The number of aryl methyl sites for hydroxylation is 1. The molecule has 0 radical (unpaired) electrons. The lowest BCUT2D eigenvalue weighted by Gasteiger charge is -2.31. The summed E-state index contributed by atoms with van der Waals surface area (Å²) in [7, 11) is -3.59. The van der Waals surface area contributed by atoms with E-state index in [0.717, 1.165) is 23.8 Å². The average molecular weight is 536 g/mol. The van der Waals surface area contributed by atoms with Gasteiger partial charge in [0.15, 0.2) is 0 Å². The molecular formula is C27H38ClN3O4S. The summed E-state index contributed by atoms with van der Waals surface area (Å²) >= 11 is 6.22. The average Bonchev–Trinajstić information content (AvgIpc) is 2.82. The van der Waals surface area contributed by atoms with Crippen molar-refractivity contribution in [3.63, 3.8) is 0 Å². The van der Waals surface area contributed by atoms with Crippen LogP contribution in [-0.4, -0.2) is 50.5 Å². The number of halogens is 1. The first-order chi connectivity index (χ1) is 17.0. The highest BCUT2D eigenvalue weighted by molar-refractivity contribution is 7.92. The third-order valence-electron chi connectivity index (χ3n) is 6.20. The molecule has 2 amide bonds. The molecule has 0 spiro atoms. The predicted octanol–water partition coefficient (Wildman–Crippen LogP) is 4.84. The van der Waals surface area contributed by atoms with Crippen molar-refractivity contribution in [1.82, 2.24) is 10.2 Å². The minimum absolute atomic E-state index is 0.106. The molecule has 0 aliphatic carbocycles. The van der Waals surface area contributed by atoms with Crippen molar-refractivity contribution in [3.8, 4) is 0 Å². The fourth-order valence-electron chi connectivity index (χ4n) is 4.11. The Morgan fingerprint density at radius 1 is 1.06 bits per heavy atom. The van der Waals surface area contributed by atoms with Crippen LogP contribution < -0.4 is 9.62 Å². The van der Waals surface area contributed by atoms with E-state index in [1.807, 2.05) is 45.0 Å². The predicted molar refractivity (Wildman–Crippen MR) is 147 cm³/mol. The van der Waals surface area contributed by atoms with Crippen molar-refractivity contribution in [3.05, 3.63) is 64.2 Å². The Hall–Kier alpha value is -2.58. The molecule has 0 unspecified atom stereocenters. The van der Waals surface area contributed by atoms with E-state index in [1.54, 1.807) is 30.0 Å². The minimum Gasteiger partial charge on any atom is -0.354 e. The van der Waals surface area contributed by atoms with Crippen LogP contribution in [0.3, 0.4) is 0 Å². The SMILES string of the molecule is CCCNC(=O)[C@H](CC)N(Cc1ccccc1C)C(=O)CCCN(c1cccc(Cl)c1C)S(C)(=O)=O. The highest BCUT2D eigenvalue weighted by Crippen LogP contribution is 2.28. The number of hydrogen-bond acceptors (Lipinski definition) is 4. The monoisotopic (exact) mass is 535 g/mol. The zero-order valence-corrected chi connectivity index (χ0v) is 23.5. The number of hydrogen-bond donors (Lipinski definition) is 1. The van der Waals surface area contributed by atoms with E-state index < -0.39 is 16.1 Å². The van der Waals surface area contributed by atoms with Crippen LogP contribution in [0.2, 0.25) is 5.02 Å². The number of anilines is 1. The van der Waals surface area contributed by atoms with Gasteiger partial charge in [0.05, 0.1) is 11.9 Å². The summed E-state index contributed by atoms with van der Waals surface area (Å²) in [5.41, 5.74) is 3.18. The number of amides is 2. The van der Waals surface area contributed by atoms with E-state index in [0.29, 0.717) is 42.2 Å². The molecule has 9 heteroatoms. The lowest BCUT2D eigenvalue weighted by atomic mass is 10.1. The number of nitrogens with zero attached hydrogens (tertiary/aromatic N) is 2. The Kier molecular flexibility index (Phi) is 11.2. The fourth-order valence-corrected chi connectivity index (χ4v) is 5.29. The second-order valence-electron chi connectivity index (χ2n) is 8.99. The number of benzene rings is 2. The van der Waals surface area contributed by atoms with Crippen molar-refractivity contribution < 1.29 is 18.0 Å². The topological polar surface area (TPSA) is 86.8 Å². The number of nitrogens with one attached hydrogen (secondary N) is 1. The number of sulfonamides is 1. The summed E-state index contributed by atoms with van der Waals surface area (Å²) in [4.78, 5) is 28.0. The molecule has 0 heterocycles. The molecule has 2 aromatic rings. The van der Waals surface area contributed by atoms with Crippen LogP contribution in [0.5, 0.6) is 0 Å². The maximum Gasteiger partial charge on any atom is 0.242 e.